The van der Waals surface area contributed by atoms with Crippen molar-refractivity contribution in [3.63, 3.8) is 0 Å². The van der Waals surface area contributed by atoms with Gasteiger partial charge < -0.3 is 14.2 Å². The van der Waals surface area contributed by atoms with E-state index in [4.69, 9.17) is 4.74 Å². The molecule has 1 aliphatic rings. The molecule has 0 saturated heterocycles. The van der Waals surface area contributed by atoms with Gasteiger partial charge in [-0.1, -0.05) is 31.0 Å². The van der Waals surface area contributed by atoms with Crippen molar-refractivity contribution in [2.75, 3.05) is 7.11 Å². The molecule has 5 heteroatoms. The monoisotopic (exact) mass is 355 g/mol. The van der Waals surface area contributed by atoms with Gasteiger partial charge >= 0.3 is 0 Å². The Hall–Kier alpha value is -2.30. The number of para-hydroxylation sites is 1. The van der Waals surface area contributed by atoms with E-state index in [1.165, 1.54) is 12.8 Å². The summed E-state index contributed by atoms with van der Waals surface area (Å²) in [5.74, 6) is 2.01. The number of carbonyl (C=O) groups excluding carboxylic acids is 1. The molecule has 1 saturated carbocycles. The second-order valence-electron chi connectivity index (χ2n) is 7.21. The number of carbonyl (C=O) groups is 1. The fraction of sp³-hybridized carbons (Fsp3) is 0.524. The molecule has 0 N–H and O–H groups in total. The van der Waals surface area contributed by atoms with Crippen molar-refractivity contribution in [2.24, 2.45) is 0 Å². The van der Waals surface area contributed by atoms with Gasteiger partial charge in [0.05, 0.1) is 7.11 Å². The van der Waals surface area contributed by atoms with Crippen LogP contribution in [0.2, 0.25) is 0 Å². The summed E-state index contributed by atoms with van der Waals surface area (Å²) in [7, 11) is 1.68. The van der Waals surface area contributed by atoms with Crippen LogP contribution < -0.4 is 4.74 Å². The van der Waals surface area contributed by atoms with Gasteiger partial charge in [-0.25, -0.2) is 4.98 Å². The molecule has 1 heterocycles. The van der Waals surface area contributed by atoms with Crippen LogP contribution in [0.3, 0.4) is 0 Å². The molecule has 5 nitrogen and oxygen atoms in total. The summed E-state index contributed by atoms with van der Waals surface area (Å²) in [4.78, 5) is 19.6. The van der Waals surface area contributed by atoms with E-state index < -0.39 is 0 Å². The van der Waals surface area contributed by atoms with Gasteiger partial charge in [0, 0.05) is 43.0 Å². The van der Waals surface area contributed by atoms with Gasteiger partial charge in [-0.2, -0.15) is 0 Å². The van der Waals surface area contributed by atoms with E-state index in [9.17, 15) is 4.79 Å². The Morgan fingerprint density at radius 2 is 2.08 bits per heavy atom. The van der Waals surface area contributed by atoms with Crippen LogP contribution in [0.15, 0.2) is 36.7 Å². The lowest BCUT2D eigenvalue weighted by Crippen LogP contribution is -2.39. The molecule has 1 amide bonds. The zero-order chi connectivity index (χ0) is 18.5. The molecule has 1 aliphatic carbocycles. The van der Waals surface area contributed by atoms with Crippen molar-refractivity contribution < 1.29 is 9.53 Å². The van der Waals surface area contributed by atoms with Crippen LogP contribution in [0.5, 0.6) is 5.75 Å². The molecule has 3 rings (SSSR count). The van der Waals surface area contributed by atoms with Crippen LogP contribution in [-0.4, -0.2) is 33.5 Å². The van der Waals surface area contributed by atoms with Crippen molar-refractivity contribution in [3.05, 3.63) is 48.0 Å². The highest BCUT2D eigenvalue weighted by molar-refractivity contribution is 5.77. The molecule has 0 spiro atoms. The van der Waals surface area contributed by atoms with Crippen molar-refractivity contribution in [1.29, 1.82) is 0 Å². The predicted octanol–water partition coefficient (Wildman–Crippen LogP) is 4.12. The Kier molecular flexibility index (Phi) is 5.96. The molecule has 1 aromatic heterocycles. The van der Waals surface area contributed by atoms with Crippen LogP contribution >= 0.6 is 0 Å². The van der Waals surface area contributed by atoms with Crippen LogP contribution in [0.4, 0.5) is 0 Å². The molecule has 1 fully saturated rings. The maximum absolute atomic E-state index is 13.2. The highest BCUT2D eigenvalue weighted by Crippen LogP contribution is 2.29. The number of ether oxygens (including phenoxy) is 1. The van der Waals surface area contributed by atoms with Crippen molar-refractivity contribution in [3.8, 4) is 5.75 Å². The molecule has 0 aliphatic heterocycles. The van der Waals surface area contributed by atoms with E-state index >= 15 is 0 Å². The molecule has 0 bridgehead atoms. The fourth-order valence-electron chi connectivity index (χ4n) is 3.98. The highest BCUT2D eigenvalue weighted by atomic mass is 16.5. The van der Waals surface area contributed by atoms with Gasteiger partial charge in [-0.15, -0.1) is 0 Å². The second kappa shape index (κ2) is 8.39. The van der Waals surface area contributed by atoms with Gasteiger partial charge in [0.1, 0.15) is 11.6 Å². The Morgan fingerprint density at radius 1 is 1.35 bits per heavy atom. The number of amides is 1. The van der Waals surface area contributed by atoms with E-state index in [2.05, 4.69) is 27.4 Å². The topological polar surface area (TPSA) is 47.4 Å². The maximum Gasteiger partial charge on any atom is 0.225 e. The van der Waals surface area contributed by atoms with E-state index in [0.717, 1.165) is 30.0 Å². The molecule has 1 atom stereocenters. The Labute approximate surface area is 156 Å². The summed E-state index contributed by atoms with van der Waals surface area (Å²) < 4.78 is 7.57. The lowest BCUT2D eigenvalue weighted by molar-refractivity contribution is -0.135. The van der Waals surface area contributed by atoms with E-state index in [-0.39, 0.29) is 11.9 Å². The smallest absolute Gasteiger partial charge is 0.225 e. The van der Waals surface area contributed by atoms with Crippen LogP contribution in [0, 0.1) is 6.92 Å². The Balaban J connectivity index is 1.77. The zero-order valence-electron chi connectivity index (χ0n) is 16.0. The number of aryl methyl sites for hydroxylation is 1. The summed E-state index contributed by atoms with van der Waals surface area (Å²) in [5.41, 5.74) is 1.07. The van der Waals surface area contributed by atoms with Crippen molar-refractivity contribution >= 4 is 5.91 Å². The zero-order valence-corrected chi connectivity index (χ0v) is 16.0. The van der Waals surface area contributed by atoms with Gasteiger partial charge in [0.2, 0.25) is 5.91 Å². The number of rotatable bonds is 7. The second-order valence-corrected chi connectivity index (χ2v) is 7.21. The molecule has 2 aromatic rings. The number of imidazole rings is 1. The number of methoxy groups -OCH3 is 1. The molecule has 140 valence electrons. The quantitative estimate of drug-likeness (QED) is 0.750. The number of hydrogen-bond donors (Lipinski definition) is 0. The van der Waals surface area contributed by atoms with Gasteiger partial charge in [-0.3, -0.25) is 4.79 Å². The number of aromatic nitrogens is 2. The normalized spacial score (nSPS) is 15.8. The third kappa shape index (κ3) is 4.09. The summed E-state index contributed by atoms with van der Waals surface area (Å²) in [6.07, 6.45) is 8.84. The lowest BCUT2D eigenvalue weighted by atomic mass is 10.1. The van der Waals surface area contributed by atoms with Gasteiger partial charge in [0.15, 0.2) is 0 Å². The first-order valence-corrected chi connectivity index (χ1v) is 9.51. The summed E-state index contributed by atoms with van der Waals surface area (Å²) in [6.45, 7) is 4.68. The Bertz CT molecular complexity index is 734. The summed E-state index contributed by atoms with van der Waals surface area (Å²) in [6, 6.07) is 8.43. The molecular formula is C21H29N3O2. The lowest BCUT2D eigenvalue weighted by Gasteiger charge is -2.31. The maximum atomic E-state index is 13.2. The highest BCUT2D eigenvalue weighted by Gasteiger charge is 2.28. The predicted molar refractivity (Wildman–Crippen MR) is 102 cm³/mol. The average molecular weight is 355 g/mol. The Morgan fingerprint density at radius 3 is 2.73 bits per heavy atom. The van der Waals surface area contributed by atoms with E-state index in [0.29, 0.717) is 19.0 Å². The third-order valence-corrected chi connectivity index (χ3v) is 5.43. The van der Waals surface area contributed by atoms with Gasteiger partial charge in [-0.05, 0) is 32.8 Å². The average Bonchev–Trinajstić information content (AvgIpc) is 3.31. The first-order chi connectivity index (χ1) is 12.6. The number of hydrogen-bond acceptors (Lipinski definition) is 3. The first-order valence-electron chi connectivity index (χ1n) is 9.51. The van der Waals surface area contributed by atoms with E-state index in [1.807, 2.05) is 31.3 Å². The number of benzene rings is 1. The SMILES string of the molecule is COc1ccccc1CN(C(=O)CC(C)n1ccnc1C)C1CCCC1. The fourth-order valence-corrected chi connectivity index (χ4v) is 3.98. The molecule has 0 radical (unpaired) electrons. The van der Waals surface area contributed by atoms with Crippen molar-refractivity contribution in [1.82, 2.24) is 14.5 Å². The van der Waals surface area contributed by atoms with Crippen LogP contribution in [-0.2, 0) is 11.3 Å². The minimum Gasteiger partial charge on any atom is -0.496 e. The standard InChI is InChI=1S/C21H29N3O2/c1-16(23-13-12-22-17(23)2)14-21(25)24(19-9-5-6-10-19)15-18-8-4-7-11-20(18)26-3/h4,7-8,11-13,16,19H,5-6,9-10,14-15H2,1-3H3. The molecular weight excluding hydrogens is 326 g/mol. The van der Waals surface area contributed by atoms with Gasteiger partial charge in [0.25, 0.3) is 0 Å². The third-order valence-electron chi connectivity index (χ3n) is 5.43. The summed E-state index contributed by atoms with van der Waals surface area (Å²) in [5, 5.41) is 0. The van der Waals surface area contributed by atoms with E-state index in [1.54, 1.807) is 13.3 Å². The van der Waals surface area contributed by atoms with Crippen LogP contribution in [0.25, 0.3) is 0 Å². The molecule has 1 aromatic carbocycles. The minimum absolute atomic E-state index is 0.103. The van der Waals surface area contributed by atoms with Crippen molar-refractivity contribution in [2.45, 2.75) is 64.6 Å². The molecule has 26 heavy (non-hydrogen) atoms. The minimum atomic E-state index is 0.103. The summed E-state index contributed by atoms with van der Waals surface area (Å²) >= 11 is 0. The first kappa shape index (κ1) is 18.5. The van der Waals surface area contributed by atoms with Crippen LogP contribution in [0.1, 0.15) is 56.5 Å². The molecule has 1 unspecified atom stereocenters. The number of nitrogens with zero attached hydrogens (tertiary/aromatic N) is 3. The largest absolute Gasteiger partial charge is 0.496 e.